The average Bonchev–Trinajstić information content (AvgIpc) is 2.94. The number of thiophene rings is 1. The molecule has 0 spiro atoms. The second-order valence-corrected chi connectivity index (χ2v) is 5.26. The fourth-order valence-corrected chi connectivity index (χ4v) is 3.31. The van der Waals surface area contributed by atoms with Crippen LogP contribution >= 0.6 is 11.3 Å². The fraction of sp³-hybridized carbons (Fsp3) is 0.286. The molecule has 0 amide bonds. The first-order valence-electron chi connectivity index (χ1n) is 6.10. The van der Waals surface area contributed by atoms with E-state index in [4.69, 9.17) is 10.6 Å². The van der Waals surface area contributed by atoms with Gasteiger partial charge < -0.3 is 4.74 Å². The second-order valence-electron chi connectivity index (χ2n) is 4.48. The van der Waals surface area contributed by atoms with Gasteiger partial charge in [-0.3, -0.25) is 11.3 Å². The summed E-state index contributed by atoms with van der Waals surface area (Å²) in [5, 5.41) is 4.24. The molecule has 2 atom stereocenters. The lowest BCUT2D eigenvalue weighted by Gasteiger charge is -2.31. The maximum atomic E-state index is 5.77. The third-order valence-electron chi connectivity index (χ3n) is 3.49. The van der Waals surface area contributed by atoms with Crippen molar-refractivity contribution in [1.29, 1.82) is 0 Å². The van der Waals surface area contributed by atoms with Crippen LogP contribution in [0.2, 0.25) is 0 Å². The lowest BCUT2D eigenvalue weighted by atomic mass is 9.84. The molecule has 2 unspecified atom stereocenters. The third-order valence-corrected chi connectivity index (χ3v) is 4.19. The van der Waals surface area contributed by atoms with Gasteiger partial charge in [-0.2, -0.15) is 11.3 Å². The summed E-state index contributed by atoms with van der Waals surface area (Å²) >= 11 is 1.70. The van der Waals surface area contributed by atoms with Gasteiger partial charge >= 0.3 is 0 Å². The Labute approximate surface area is 111 Å². The van der Waals surface area contributed by atoms with Gasteiger partial charge in [0.25, 0.3) is 0 Å². The molecule has 3 rings (SSSR count). The van der Waals surface area contributed by atoms with Gasteiger partial charge in [-0.25, -0.2) is 0 Å². The molecule has 2 heterocycles. The summed E-state index contributed by atoms with van der Waals surface area (Å²) in [5.41, 5.74) is 5.47. The summed E-state index contributed by atoms with van der Waals surface area (Å²) in [5.74, 6) is 7.13. The van der Waals surface area contributed by atoms with Crippen LogP contribution in [-0.2, 0) is 0 Å². The average molecular weight is 260 g/mol. The number of nitrogens with one attached hydrogen (secondary N) is 1. The highest BCUT2D eigenvalue weighted by Crippen LogP contribution is 2.41. The maximum Gasteiger partial charge on any atom is 0.122 e. The van der Waals surface area contributed by atoms with E-state index in [-0.39, 0.29) is 6.04 Å². The summed E-state index contributed by atoms with van der Waals surface area (Å²) in [6, 6.07) is 10.5. The second kappa shape index (κ2) is 5.10. The molecule has 3 nitrogen and oxygen atoms in total. The van der Waals surface area contributed by atoms with Crippen molar-refractivity contribution in [2.45, 2.75) is 18.4 Å². The molecule has 0 fully saturated rings. The van der Waals surface area contributed by atoms with Crippen LogP contribution in [0.1, 0.15) is 29.5 Å². The Bertz CT molecular complexity index is 512. The zero-order valence-corrected chi connectivity index (χ0v) is 10.8. The summed E-state index contributed by atoms with van der Waals surface area (Å²) in [4.78, 5) is 0. The Hall–Kier alpha value is -1.36. The zero-order chi connectivity index (χ0) is 12.4. The van der Waals surface area contributed by atoms with Gasteiger partial charge in [0, 0.05) is 5.92 Å². The lowest BCUT2D eigenvalue weighted by Crippen LogP contribution is -2.34. The quantitative estimate of drug-likeness (QED) is 0.659. The summed E-state index contributed by atoms with van der Waals surface area (Å²) in [7, 11) is 0. The molecule has 0 saturated heterocycles. The molecule has 2 aromatic rings. The first-order chi connectivity index (χ1) is 8.90. The molecule has 94 valence electrons. The van der Waals surface area contributed by atoms with Gasteiger partial charge in [0.1, 0.15) is 5.75 Å². The maximum absolute atomic E-state index is 5.77. The minimum Gasteiger partial charge on any atom is -0.493 e. The number of ether oxygens (including phenoxy) is 1. The minimum absolute atomic E-state index is 0.154. The fourth-order valence-electron chi connectivity index (χ4n) is 2.61. The minimum atomic E-state index is 0.154. The first-order valence-corrected chi connectivity index (χ1v) is 7.04. The van der Waals surface area contributed by atoms with Crippen molar-refractivity contribution in [2.75, 3.05) is 6.61 Å². The monoisotopic (exact) mass is 260 g/mol. The van der Waals surface area contributed by atoms with Gasteiger partial charge in [-0.1, -0.05) is 18.2 Å². The molecule has 3 N–H and O–H groups in total. The highest BCUT2D eigenvalue weighted by atomic mass is 32.1. The molecule has 1 aromatic carbocycles. The van der Waals surface area contributed by atoms with Gasteiger partial charge in [-0.05, 0) is 40.4 Å². The molecular formula is C14H16N2OS. The number of hydrogen-bond acceptors (Lipinski definition) is 4. The Morgan fingerprint density at radius 1 is 1.33 bits per heavy atom. The van der Waals surface area contributed by atoms with Crippen molar-refractivity contribution in [3.8, 4) is 5.75 Å². The number of hydrogen-bond donors (Lipinski definition) is 2. The number of fused-ring (bicyclic) bond motifs is 1. The van der Waals surface area contributed by atoms with E-state index in [0.29, 0.717) is 5.92 Å². The van der Waals surface area contributed by atoms with Crippen LogP contribution in [0.15, 0.2) is 41.1 Å². The van der Waals surface area contributed by atoms with Crippen LogP contribution in [0.3, 0.4) is 0 Å². The van der Waals surface area contributed by atoms with Crippen molar-refractivity contribution in [3.05, 3.63) is 52.2 Å². The highest BCUT2D eigenvalue weighted by Gasteiger charge is 2.29. The summed E-state index contributed by atoms with van der Waals surface area (Å²) in [6.07, 6.45) is 0.988. The molecule has 0 aliphatic carbocycles. The molecule has 18 heavy (non-hydrogen) atoms. The Balaban J connectivity index is 1.97. The van der Waals surface area contributed by atoms with Crippen LogP contribution in [0, 0.1) is 0 Å². The van der Waals surface area contributed by atoms with Crippen LogP contribution in [-0.4, -0.2) is 6.61 Å². The van der Waals surface area contributed by atoms with E-state index in [2.05, 4.69) is 34.4 Å². The number of rotatable bonds is 3. The molecule has 1 aliphatic heterocycles. The van der Waals surface area contributed by atoms with Gasteiger partial charge in [-0.15, -0.1) is 0 Å². The molecule has 0 saturated carbocycles. The third kappa shape index (κ3) is 2.03. The number of benzene rings is 1. The molecule has 1 aliphatic rings. The van der Waals surface area contributed by atoms with Crippen LogP contribution in [0.5, 0.6) is 5.75 Å². The normalized spacial score (nSPS) is 19.9. The lowest BCUT2D eigenvalue weighted by molar-refractivity contribution is 0.246. The van der Waals surface area contributed by atoms with Crippen molar-refractivity contribution in [2.24, 2.45) is 5.84 Å². The molecule has 4 heteroatoms. The van der Waals surface area contributed by atoms with E-state index in [0.717, 1.165) is 18.8 Å². The topological polar surface area (TPSA) is 47.3 Å². The zero-order valence-electron chi connectivity index (χ0n) is 10.0. The largest absolute Gasteiger partial charge is 0.493 e. The Morgan fingerprint density at radius 2 is 2.22 bits per heavy atom. The SMILES string of the molecule is NNC(c1ccsc1)C1CCOc2ccccc21. The van der Waals surface area contributed by atoms with E-state index >= 15 is 0 Å². The van der Waals surface area contributed by atoms with Gasteiger partial charge in [0.05, 0.1) is 12.6 Å². The molecule has 0 radical (unpaired) electrons. The smallest absolute Gasteiger partial charge is 0.122 e. The molecular weight excluding hydrogens is 244 g/mol. The van der Waals surface area contributed by atoms with E-state index in [9.17, 15) is 0 Å². The predicted octanol–water partition coefficient (Wildman–Crippen LogP) is 2.82. The van der Waals surface area contributed by atoms with E-state index < -0.39 is 0 Å². The van der Waals surface area contributed by atoms with Crippen molar-refractivity contribution in [1.82, 2.24) is 5.43 Å². The van der Waals surface area contributed by atoms with Crippen LogP contribution in [0.25, 0.3) is 0 Å². The highest BCUT2D eigenvalue weighted by molar-refractivity contribution is 7.07. The molecule has 1 aromatic heterocycles. The molecule has 0 bridgehead atoms. The van der Waals surface area contributed by atoms with Gasteiger partial charge in [0.2, 0.25) is 0 Å². The van der Waals surface area contributed by atoms with E-state index in [1.54, 1.807) is 11.3 Å². The van der Waals surface area contributed by atoms with Crippen molar-refractivity contribution >= 4 is 11.3 Å². The Morgan fingerprint density at radius 3 is 3.00 bits per heavy atom. The van der Waals surface area contributed by atoms with Crippen LogP contribution in [0.4, 0.5) is 0 Å². The number of nitrogens with two attached hydrogens (primary N) is 1. The first kappa shape index (κ1) is 11.7. The number of hydrazine groups is 1. The van der Waals surface area contributed by atoms with E-state index in [1.165, 1.54) is 11.1 Å². The summed E-state index contributed by atoms with van der Waals surface area (Å²) < 4.78 is 5.70. The van der Waals surface area contributed by atoms with Crippen molar-refractivity contribution in [3.63, 3.8) is 0 Å². The predicted molar refractivity (Wildman–Crippen MR) is 73.7 cm³/mol. The van der Waals surface area contributed by atoms with E-state index in [1.807, 2.05) is 12.1 Å². The summed E-state index contributed by atoms with van der Waals surface area (Å²) in [6.45, 7) is 0.754. The standard InChI is InChI=1S/C14H16N2OS/c15-16-14(10-6-8-18-9-10)12-5-7-17-13-4-2-1-3-11(12)13/h1-4,6,8-9,12,14,16H,5,7,15H2. The van der Waals surface area contributed by atoms with Gasteiger partial charge in [0.15, 0.2) is 0 Å². The number of para-hydroxylation sites is 1. The Kier molecular flexibility index (Phi) is 3.32. The van der Waals surface area contributed by atoms with Crippen LogP contribution < -0.4 is 16.0 Å². The van der Waals surface area contributed by atoms with Crippen molar-refractivity contribution < 1.29 is 4.74 Å².